The molecule has 0 radical (unpaired) electrons. The van der Waals surface area contributed by atoms with Crippen LogP contribution < -0.4 is 11.1 Å². The number of nitrogens with two attached hydrogens (primary N) is 1. The van der Waals surface area contributed by atoms with Crippen molar-refractivity contribution in [3.8, 4) is 0 Å². The minimum absolute atomic E-state index is 0.0808. The van der Waals surface area contributed by atoms with Gasteiger partial charge in [0.05, 0.1) is 0 Å². The fourth-order valence-electron chi connectivity index (χ4n) is 4.37. The summed E-state index contributed by atoms with van der Waals surface area (Å²) in [5.41, 5.74) is 8.62. The molecule has 122 valence electrons. The number of amides is 1. The predicted molar refractivity (Wildman–Crippen MR) is 88.9 cm³/mol. The van der Waals surface area contributed by atoms with Gasteiger partial charge in [0.15, 0.2) is 11.5 Å². The Kier molecular flexibility index (Phi) is 3.60. The van der Waals surface area contributed by atoms with Crippen LogP contribution in [0.4, 0.5) is 5.69 Å². The molecule has 2 fully saturated rings. The van der Waals surface area contributed by atoms with Crippen molar-refractivity contribution in [2.45, 2.75) is 45.1 Å². The number of carbonyl (C=O) groups excluding carboxylic acids is 1. The Morgan fingerprint density at radius 1 is 1.30 bits per heavy atom. The highest BCUT2D eigenvalue weighted by molar-refractivity contribution is 5.94. The van der Waals surface area contributed by atoms with Gasteiger partial charge in [-0.3, -0.25) is 4.79 Å². The molecule has 5 nitrogen and oxygen atoms in total. The zero-order chi connectivity index (χ0) is 16.0. The first-order chi connectivity index (χ1) is 11.1. The molecule has 2 saturated carbocycles. The Morgan fingerprint density at radius 3 is 2.78 bits per heavy atom. The van der Waals surface area contributed by atoms with Crippen LogP contribution in [0.1, 0.15) is 38.0 Å². The Bertz CT molecular complexity index is 725. The number of hydrogen-bond acceptors (Lipinski definition) is 4. The molecule has 1 aromatic carbocycles. The number of carbonyl (C=O) groups is 1. The monoisotopic (exact) mass is 313 g/mol. The second-order valence-corrected chi connectivity index (χ2v) is 7.10. The van der Waals surface area contributed by atoms with Gasteiger partial charge in [0.25, 0.3) is 0 Å². The van der Waals surface area contributed by atoms with Gasteiger partial charge >= 0.3 is 0 Å². The zero-order valence-electron chi connectivity index (χ0n) is 13.4. The molecule has 4 rings (SSSR count). The van der Waals surface area contributed by atoms with E-state index in [2.05, 4.69) is 10.3 Å². The van der Waals surface area contributed by atoms with E-state index in [1.165, 1.54) is 19.3 Å². The van der Waals surface area contributed by atoms with E-state index in [4.69, 9.17) is 10.2 Å². The van der Waals surface area contributed by atoms with Crippen molar-refractivity contribution < 1.29 is 9.21 Å². The molecule has 0 aliphatic heterocycles. The van der Waals surface area contributed by atoms with Gasteiger partial charge in [-0.1, -0.05) is 6.42 Å². The van der Waals surface area contributed by atoms with Gasteiger partial charge in [0.2, 0.25) is 5.91 Å². The Labute approximate surface area is 135 Å². The van der Waals surface area contributed by atoms with Gasteiger partial charge in [0, 0.05) is 30.6 Å². The van der Waals surface area contributed by atoms with Crippen molar-refractivity contribution in [1.29, 1.82) is 0 Å². The minimum Gasteiger partial charge on any atom is -0.441 e. The van der Waals surface area contributed by atoms with E-state index >= 15 is 0 Å². The number of fused-ring (bicyclic) bond motifs is 3. The van der Waals surface area contributed by atoms with E-state index in [0.717, 1.165) is 24.0 Å². The summed E-state index contributed by atoms with van der Waals surface area (Å²) >= 11 is 0. The van der Waals surface area contributed by atoms with Crippen molar-refractivity contribution >= 4 is 22.7 Å². The minimum atomic E-state index is 0.0808. The maximum Gasteiger partial charge on any atom is 0.227 e. The van der Waals surface area contributed by atoms with Crippen molar-refractivity contribution in [3.63, 3.8) is 0 Å². The van der Waals surface area contributed by atoms with Crippen LogP contribution in [0.2, 0.25) is 0 Å². The number of nitrogens with zero attached hydrogens (tertiary/aromatic N) is 1. The summed E-state index contributed by atoms with van der Waals surface area (Å²) < 4.78 is 5.53. The van der Waals surface area contributed by atoms with E-state index < -0.39 is 0 Å². The average molecular weight is 313 g/mol. The van der Waals surface area contributed by atoms with Crippen LogP contribution >= 0.6 is 0 Å². The predicted octanol–water partition coefficient (Wildman–Crippen LogP) is 3.23. The van der Waals surface area contributed by atoms with Crippen LogP contribution in [0.25, 0.3) is 11.1 Å². The lowest BCUT2D eigenvalue weighted by Crippen LogP contribution is -2.48. The summed E-state index contributed by atoms with van der Waals surface area (Å²) in [6.45, 7) is 1.82. The molecular formula is C18H23N3O2. The van der Waals surface area contributed by atoms with Gasteiger partial charge in [0.1, 0.15) is 5.52 Å². The number of benzene rings is 1. The van der Waals surface area contributed by atoms with Crippen LogP contribution in [-0.2, 0) is 4.79 Å². The summed E-state index contributed by atoms with van der Waals surface area (Å²) in [5, 5.41) is 3.05. The third-order valence-electron chi connectivity index (χ3n) is 5.55. The highest BCUT2D eigenvalue weighted by atomic mass is 16.3. The fourth-order valence-corrected chi connectivity index (χ4v) is 4.37. The first kappa shape index (κ1) is 14.7. The second-order valence-electron chi connectivity index (χ2n) is 7.10. The third-order valence-corrected chi connectivity index (χ3v) is 5.55. The largest absolute Gasteiger partial charge is 0.441 e. The van der Waals surface area contributed by atoms with Crippen LogP contribution in [0.5, 0.6) is 0 Å². The van der Waals surface area contributed by atoms with E-state index in [9.17, 15) is 4.79 Å². The molecular weight excluding hydrogens is 290 g/mol. The number of aromatic nitrogens is 1. The lowest BCUT2D eigenvalue weighted by atomic mass is 9.65. The Hall–Kier alpha value is -1.88. The number of oxazole rings is 1. The summed E-state index contributed by atoms with van der Waals surface area (Å²) in [4.78, 5) is 16.9. The Balaban J connectivity index is 1.48. The molecule has 1 aromatic heterocycles. The summed E-state index contributed by atoms with van der Waals surface area (Å²) in [6, 6.07) is 5.91. The number of anilines is 1. The molecule has 1 heterocycles. The molecule has 2 aliphatic carbocycles. The Morgan fingerprint density at radius 2 is 2.04 bits per heavy atom. The number of aryl methyl sites for hydroxylation is 1. The maximum absolute atomic E-state index is 12.6. The average Bonchev–Trinajstić information content (AvgIpc) is 2.86. The van der Waals surface area contributed by atoms with Crippen molar-refractivity contribution in [2.75, 3.05) is 5.32 Å². The standard InChI is InChI=1S/C18H23N3O2/c1-10-20-15-6-5-14(9-16(15)23-10)21-18(22)13-7-11-3-2-4-12(8-13)17(11)19/h5-6,9,11-13,17H,2-4,7-8,19H2,1H3,(H,21,22). The topological polar surface area (TPSA) is 81.2 Å². The molecule has 5 heteroatoms. The van der Waals surface area contributed by atoms with Crippen LogP contribution in [0, 0.1) is 24.7 Å². The van der Waals surface area contributed by atoms with E-state index in [0.29, 0.717) is 29.4 Å². The highest BCUT2D eigenvalue weighted by Gasteiger charge is 2.40. The first-order valence-electron chi connectivity index (χ1n) is 8.54. The normalized spacial score (nSPS) is 30.3. The lowest BCUT2D eigenvalue weighted by molar-refractivity contribution is -0.122. The SMILES string of the molecule is Cc1nc2ccc(NC(=O)C3CC4CCCC(C3)C4N)cc2o1. The summed E-state index contributed by atoms with van der Waals surface area (Å²) in [5.74, 6) is 1.86. The first-order valence-corrected chi connectivity index (χ1v) is 8.54. The molecule has 0 saturated heterocycles. The second kappa shape index (κ2) is 5.64. The van der Waals surface area contributed by atoms with Crippen molar-refractivity contribution in [1.82, 2.24) is 4.98 Å². The van der Waals surface area contributed by atoms with E-state index in [-0.39, 0.29) is 11.8 Å². The van der Waals surface area contributed by atoms with E-state index in [1.54, 1.807) is 0 Å². The maximum atomic E-state index is 12.6. The van der Waals surface area contributed by atoms with Gasteiger partial charge < -0.3 is 15.5 Å². The molecule has 2 aliphatic rings. The molecule has 3 N–H and O–H groups in total. The highest BCUT2D eigenvalue weighted by Crippen LogP contribution is 2.42. The smallest absolute Gasteiger partial charge is 0.227 e. The van der Waals surface area contributed by atoms with Gasteiger partial charge in [-0.15, -0.1) is 0 Å². The number of rotatable bonds is 2. The van der Waals surface area contributed by atoms with Gasteiger partial charge in [-0.2, -0.15) is 0 Å². The molecule has 1 amide bonds. The summed E-state index contributed by atoms with van der Waals surface area (Å²) in [7, 11) is 0. The van der Waals surface area contributed by atoms with Crippen molar-refractivity contribution in [2.24, 2.45) is 23.5 Å². The fraction of sp³-hybridized carbons (Fsp3) is 0.556. The lowest BCUT2D eigenvalue weighted by Gasteiger charge is -2.43. The molecule has 0 spiro atoms. The molecule has 2 bridgehead atoms. The third kappa shape index (κ3) is 2.74. The van der Waals surface area contributed by atoms with E-state index in [1.807, 2.05) is 25.1 Å². The summed E-state index contributed by atoms with van der Waals surface area (Å²) in [6.07, 6.45) is 5.45. The van der Waals surface area contributed by atoms with Crippen LogP contribution in [0.15, 0.2) is 22.6 Å². The van der Waals surface area contributed by atoms with Crippen LogP contribution in [0.3, 0.4) is 0 Å². The molecule has 2 aromatic rings. The number of nitrogens with one attached hydrogen (secondary N) is 1. The molecule has 2 atom stereocenters. The van der Waals surface area contributed by atoms with Crippen LogP contribution in [-0.4, -0.2) is 16.9 Å². The van der Waals surface area contributed by atoms with Crippen molar-refractivity contribution in [3.05, 3.63) is 24.1 Å². The number of hydrogen-bond donors (Lipinski definition) is 2. The zero-order valence-corrected chi connectivity index (χ0v) is 13.4. The molecule has 2 unspecified atom stereocenters. The molecule has 23 heavy (non-hydrogen) atoms. The van der Waals surface area contributed by atoms with Gasteiger partial charge in [-0.05, 0) is 49.7 Å². The van der Waals surface area contributed by atoms with Gasteiger partial charge in [-0.25, -0.2) is 4.98 Å². The quantitative estimate of drug-likeness (QED) is 0.892.